The second-order valence-electron chi connectivity index (χ2n) is 5.12. The van der Waals surface area contributed by atoms with Crippen LogP contribution in [0.3, 0.4) is 0 Å². The van der Waals surface area contributed by atoms with Crippen molar-refractivity contribution in [2.75, 3.05) is 7.11 Å². The van der Waals surface area contributed by atoms with Gasteiger partial charge >= 0.3 is 0 Å². The first-order valence-electron chi connectivity index (χ1n) is 6.79. The lowest BCUT2D eigenvalue weighted by Crippen LogP contribution is -2.43. The SMILES string of the molecule is COc1cccc([C@H](C)N[C@H]2CCCC[C@@H]2O)c1. The molecule has 0 bridgehead atoms. The molecule has 0 saturated heterocycles. The van der Waals surface area contributed by atoms with Crippen LogP contribution < -0.4 is 10.1 Å². The zero-order chi connectivity index (χ0) is 13.0. The topological polar surface area (TPSA) is 41.5 Å². The molecule has 0 radical (unpaired) electrons. The molecule has 0 spiro atoms. The first-order valence-corrected chi connectivity index (χ1v) is 6.79. The maximum absolute atomic E-state index is 9.98. The third-order valence-corrected chi connectivity index (χ3v) is 3.79. The monoisotopic (exact) mass is 249 g/mol. The van der Waals surface area contributed by atoms with Crippen molar-refractivity contribution in [3.8, 4) is 5.75 Å². The summed E-state index contributed by atoms with van der Waals surface area (Å²) in [6.45, 7) is 2.14. The summed E-state index contributed by atoms with van der Waals surface area (Å²) >= 11 is 0. The molecule has 0 heterocycles. The Morgan fingerprint density at radius 3 is 2.83 bits per heavy atom. The Morgan fingerprint density at radius 2 is 2.11 bits per heavy atom. The zero-order valence-electron chi connectivity index (χ0n) is 11.2. The van der Waals surface area contributed by atoms with E-state index in [9.17, 15) is 5.11 Å². The molecule has 3 atom stereocenters. The average Bonchev–Trinajstić information content (AvgIpc) is 2.41. The maximum atomic E-state index is 9.98. The van der Waals surface area contributed by atoms with E-state index in [-0.39, 0.29) is 18.2 Å². The van der Waals surface area contributed by atoms with Crippen LogP contribution in [0, 0.1) is 0 Å². The molecule has 2 N–H and O–H groups in total. The van der Waals surface area contributed by atoms with Crippen LogP contribution in [0.15, 0.2) is 24.3 Å². The van der Waals surface area contributed by atoms with Crippen LogP contribution in [0.25, 0.3) is 0 Å². The van der Waals surface area contributed by atoms with Gasteiger partial charge in [-0.25, -0.2) is 0 Å². The van der Waals surface area contributed by atoms with Gasteiger partial charge in [0.2, 0.25) is 0 Å². The number of aliphatic hydroxyl groups is 1. The van der Waals surface area contributed by atoms with Gasteiger partial charge in [0.1, 0.15) is 5.75 Å². The fourth-order valence-corrected chi connectivity index (χ4v) is 2.63. The van der Waals surface area contributed by atoms with Crippen LogP contribution in [-0.2, 0) is 0 Å². The molecule has 0 amide bonds. The average molecular weight is 249 g/mol. The summed E-state index contributed by atoms with van der Waals surface area (Å²) in [6.07, 6.45) is 4.14. The molecular formula is C15H23NO2. The molecule has 1 fully saturated rings. The summed E-state index contributed by atoms with van der Waals surface area (Å²) < 4.78 is 5.24. The van der Waals surface area contributed by atoms with Crippen molar-refractivity contribution < 1.29 is 9.84 Å². The fraction of sp³-hybridized carbons (Fsp3) is 0.600. The molecule has 0 aromatic heterocycles. The first kappa shape index (κ1) is 13.4. The third-order valence-electron chi connectivity index (χ3n) is 3.79. The van der Waals surface area contributed by atoms with Gasteiger partial charge in [0, 0.05) is 12.1 Å². The molecule has 1 aromatic carbocycles. The smallest absolute Gasteiger partial charge is 0.119 e. The Labute approximate surface area is 109 Å². The van der Waals surface area contributed by atoms with Crippen molar-refractivity contribution in [3.05, 3.63) is 29.8 Å². The van der Waals surface area contributed by atoms with Crippen molar-refractivity contribution in [2.45, 2.75) is 50.8 Å². The maximum Gasteiger partial charge on any atom is 0.119 e. The molecule has 1 aliphatic carbocycles. The van der Waals surface area contributed by atoms with E-state index < -0.39 is 0 Å². The Kier molecular flexibility index (Phi) is 4.61. The van der Waals surface area contributed by atoms with Gasteiger partial charge in [0.25, 0.3) is 0 Å². The van der Waals surface area contributed by atoms with Gasteiger partial charge in [-0.3, -0.25) is 0 Å². The second-order valence-corrected chi connectivity index (χ2v) is 5.12. The van der Waals surface area contributed by atoms with Crippen molar-refractivity contribution in [1.82, 2.24) is 5.32 Å². The van der Waals surface area contributed by atoms with Crippen LogP contribution in [-0.4, -0.2) is 24.4 Å². The van der Waals surface area contributed by atoms with E-state index >= 15 is 0 Å². The molecule has 100 valence electrons. The minimum Gasteiger partial charge on any atom is -0.497 e. The van der Waals surface area contributed by atoms with Gasteiger partial charge in [-0.05, 0) is 37.5 Å². The lowest BCUT2D eigenvalue weighted by Gasteiger charge is -2.31. The highest BCUT2D eigenvalue weighted by Crippen LogP contribution is 2.23. The zero-order valence-corrected chi connectivity index (χ0v) is 11.2. The molecule has 0 unspecified atom stereocenters. The summed E-state index contributed by atoms with van der Waals surface area (Å²) in [4.78, 5) is 0. The van der Waals surface area contributed by atoms with Gasteiger partial charge in [0.15, 0.2) is 0 Å². The number of ether oxygens (including phenoxy) is 1. The van der Waals surface area contributed by atoms with Crippen LogP contribution in [0.5, 0.6) is 5.75 Å². The van der Waals surface area contributed by atoms with Crippen LogP contribution >= 0.6 is 0 Å². The molecule has 1 saturated carbocycles. The van der Waals surface area contributed by atoms with Crippen molar-refractivity contribution in [2.24, 2.45) is 0 Å². The summed E-state index contributed by atoms with van der Waals surface area (Å²) in [5.74, 6) is 0.880. The van der Waals surface area contributed by atoms with Crippen molar-refractivity contribution >= 4 is 0 Å². The minimum atomic E-state index is -0.202. The van der Waals surface area contributed by atoms with E-state index in [1.165, 1.54) is 12.0 Å². The number of hydrogen-bond acceptors (Lipinski definition) is 3. The van der Waals surface area contributed by atoms with Crippen LogP contribution in [0.2, 0.25) is 0 Å². The fourth-order valence-electron chi connectivity index (χ4n) is 2.63. The van der Waals surface area contributed by atoms with E-state index in [1.807, 2.05) is 18.2 Å². The Hall–Kier alpha value is -1.06. The number of methoxy groups -OCH3 is 1. The molecule has 18 heavy (non-hydrogen) atoms. The summed E-state index contributed by atoms with van der Waals surface area (Å²) in [5.41, 5.74) is 1.20. The molecule has 1 aromatic rings. The highest BCUT2D eigenvalue weighted by molar-refractivity contribution is 5.30. The predicted molar refractivity (Wildman–Crippen MR) is 72.8 cm³/mol. The Bertz CT molecular complexity index is 381. The lowest BCUT2D eigenvalue weighted by atomic mass is 9.91. The molecular weight excluding hydrogens is 226 g/mol. The van der Waals surface area contributed by atoms with Crippen molar-refractivity contribution in [3.63, 3.8) is 0 Å². The summed E-state index contributed by atoms with van der Waals surface area (Å²) in [5, 5.41) is 13.5. The minimum absolute atomic E-state index is 0.202. The van der Waals surface area contributed by atoms with E-state index in [0.717, 1.165) is 25.0 Å². The predicted octanol–water partition coefficient (Wildman–Crippen LogP) is 2.65. The van der Waals surface area contributed by atoms with Crippen LogP contribution in [0.1, 0.15) is 44.2 Å². The third kappa shape index (κ3) is 3.24. The molecule has 1 aliphatic rings. The number of aliphatic hydroxyl groups excluding tert-OH is 1. The largest absolute Gasteiger partial charge is 0.497 e. The van der Waals surface area contributed by atoms with Gasteiger partial charge in [-0.15, -0.1) is 0 Å². The Morgan fingerprint density at radius 1 is 1.33 bits per heavy atom. The summed E-state index contributed by atoms with van der Waals surface area (Å²) in [7, 11) is 1.68. The van der Waals surface area contributed by atoms with E-state index in [0.29, 0.717) is 0 Å². The second kappa shape index (κ2) is 6.21. The van der Waals surface area contributed by atoms with Gasteiger partial charge in [-0.2, -0.15) is 0 Å². The molecule has 2 rings (SSSR count). The lowest BCUT2D eigenvalue weighted by molar-refractivity contribution is 0.0859. The van der Waals surface area contributed by atoms with Crippen molar-refractivity contribution in [1.29, 1.82) is 0 Å². The molecule has 3 heteroatoms. The number of hydrogen-bond donors (Lipinski definition) is 2. The van der Waals surface area contributed by atoms with Gasteiger partial charge < -0.3 is 15.2 Å². The van der Waals surface area contributed by atoms with E-state index in [1.54, 1.807) is 7.11 Å². The number of nitrogens with one attached hydrogen (secondary N) is 1. The number of benzene rings is 1. The highest BCUT2D eigenvalue weighted by atomic mass is 16.5. The number of rotatable bonds is 4. The highest BCUT2D eigenvalue weighted by Gasteiger charge is 2.24. The van der Waals surface area contributed by atoms with Gasteiger partial charge in [-0.1, -0.05) is 25.0 Å². The Balaban J connectivity index is 1.99. The molecule has 0 aliphatic heterocycles. The molecule has 3 nitrogen and oxygen atoms in total. The van der Waals surface area contributed by atoms with E-state index in [4.69, 9.17) is 4.74 Å². The normalized spacial score (nSPS) is 25.7. The summed E-state index contributed by atoms with van der Waals surface area (Å²) in [6, 6.07) is 8.55. The standard InChI is InChI=1S/C15H23NO2/c1-11(12-6-5-7-13(10-12)18-2)16-14-8-3-4-9-15(14)17/h5-7,10-11,14-17H,3-4,8-9H2,1-2H3/t11-,14-,15-/m0/s1. The van der Waals surface area contributed by atoms with Crippen LogP contribution in [0.4, 0.5) is 0 Å². The first-order chi connectivity index (χ1) is 8.70. The van der Waals surface area contributed by atoms with Gasteiger partial charge in [0.05, 0.1) is 13.2 Å². The quantitative estimate of drug-likeness (QED) is 0.862. The van der Waals surface area contributed by atoms with E-state index in [2.05, 4.69) is 18.3 Å².